The van der Waals surface area contributed by atoms with Gasteiger partial charge in [-0.1, -0.05) is 27.7 Å². The van der Waals surface area contributed by atoms with Gasteiger partial charge in [0.25, 0.3) is 0 Å². The molecule has 0 heterocycles. The number of hydrogen-bond acceptors (Lipinski definition) is 0. The first-order valence-electron chi connectivity index (χ1n) is 5.91. The smallest absolute Gasteiger partial charge is 1.00 e. The van der Waals surface area contributed by atoms with Crippen LogP contribution in [0.15, 0.2) is 33.4 Å². The molecule has 0 saturated carbocycles. The van der Waals surface area contributed by atoms with Crippen molar-refractivity contribution in [3.05, 3.63) is 45.6 Å². The fourth-order valence-electron chi connectivity index (χ4n) is 1.70. The van der Waals surface area contributed by atoms with Crippen LogP contribution in [0, 0.1) is 12.2 Å². The van der Waals surface area contributed by atoms with Crippen LogP contribution in [-0.2, 0) is 25.8 Å². The predicted octanol–water partition coefficient (Wildman–Crippen LogP) is 5.17. The minimum Gasteiger partial charge on any atom is -1.00 e. The maximum atomic E-state index is 3.26. The van der Waals surface area contributed by atoms with Crippen molar-refractivity contribution >= 4 is 0 Å². The summed E-state index contributed by atoms with van der Waals surface area (Å²) >= 11 is 0. The maximum absolute atomic E-state index is 3.26. The normalized spacial score (nSPS) is 18.5. The van der Waals surface area contributed by atoms with Gasteiger partial charge >= 0.3 is 25.8 Å². The molecule has 0 aromatic heterocycles. The molecule has 0 bridgehead atoms. The minimum atomic E-state index is 0. The summed E-state index contributed by atoms with van der Waals surface area (Å²) in [5.74, 6) is 0. The van der Waals surface area contributed by atoms with Crippen LogP contribution in [0.25, 0.3) is 0 Å². The summed E-state index contributed by atoms with van der Waals surface area (Å²) in [6, 6.07) is 0. The van der Waals surface area contributed by atoms with Gasteiger partial charge in [-0.15, -0.1) is 26.7 Å². The molecule has 2 aliphatic rings. The Bertz CT molecular complexity index is 361. The van der Waals surface area contributed by atoms with Crippen LogP contribution in [0.1, 0.15) is 57.2 Å². The molecule has 0 aromatic rings. The van der Waals surface area contributed by atoms with Crippen molar-refractivity contribution in [2.24, 2.45) is 0 Å². The largest absolute Gasteiger partial charge is 4.00 e. The second kappa shape index (κ2) is 7.31. The van der Waals surface area contributed by atoms with Crippen molar-refractivity contribution < 1.29 is 28.7 Å². The summed E-state index contributed by atoms with van der Waals surface area (Å²) in [6.07, 6.45) is 8.63. The summed E-state index contributed by atoms with van der Waals surface area (Å²) in [6.45, 7) is 12.9. The molecule has 0 spiro atoms. The molecule has 2 aliphatic carbocycles. The molecule has 1 heteroatoms. The van der Waals surface area contributed by atoms with E-state index < -0.39 is 0 Å². The zero-order chi connectivity index (χ0) is 12.3. The van der Waals surface area contributed by atoms with Gasteiger partial charge < -0.3 is 2.85 Å². The van der Waals surface area contributed by atoms with Crippen molar-refractivity contribution in [3.8, 4) is 0 Å². The van der Waals surface area contributed by atoms with E-state index in [1.165, 1.54) is 33.4 Å². The average Bonchev–Trinajstić information content (AvgIpc) is 2.70. The SMILES string of the molecule is CC1=[C-]CC(C)=C1C.CC1=[C-]CC(C)=C1C.[H-].[H-].[Hf+4]. The van der Waals surface area contributed by atoms with E-state index in [4.69, 9.17) is 0 Å². The van der Waals surface area contributed by atoms with E-state index in [1.54, 1.807) is 0 Å². The van der Waals surface area contributed by atoms with Gasteiger partial charge in [0.05, 0.1) is 0 Å². The molecular weight excluding hydrogens is 371 g/mol. The van der Waals surface area contributed by atoms with Gasteiger partial charge in [-0.25, -0.2) is 11.1 Å². The molecule has 2 rings (SSSR count). The molecule has 0 fully saturated rings. The van der Waals surface area contributed by atoms with Crippen LogP contribution in [0.3, 0.4) is 0 Å². The van der Waals surface area contributed by atoms with E-state index in [0.29, 0.717) is 0 Å². The van der Waals surface area contributed by atoms with E-state index in [0.717, 1.165) is 12.8 Å². The molecule has 92 valence electrons. The second-order valence-corrected chi connectivity index (χ2v) is 4.77. The molecule has 0 atom stereocenters. The Morgan fingerprint density at radius 3 is 1.06 bits per heavy atom. The molecule has 0 N–H and O–H groups in total. The Balaban J connectivity index is -0.000000233. The van der Waals surface area contributed by atoms with Gasteiger partial charge in [0.2, 0.25) is 0 Å². The second-order valence-electron chi connectivity index (χ2n) is 4.77. The van der Waals surface area contributed by atoms with Crippen LogP contribution in [-0.4, -0.2) is 0 Å². The van der Waals surface area contributed by atoms with Gasteiger partial charge in [-0.3, -0.25) is 12.2 Å². The standard InChI is InChI=1S/2C8H11.Hf.2H/c2*1-6-4-5-7(2)8(6)3;;;/h2*4H2,1-3H3;;;/q2*-1;+4;2*-1. The Hall–Kier alpha value is -0.170. The van der Waals surface area contributed by atoms with E-state index >= 15 is 0 Å². The van der Waals surface area contributed by atoms with Gasteiger partial charge in [0.15, 0.2) is 0 Å². The van der Waals surface area contributed by atoms with Crippen LogP contribution in [0.5, 0.6) is 0 Å². The molecule has 0 unspecified atom stereocenters. The van der Waals surface area contributed by atoms with Gasteiger partial charge in [0, 0.05) is 0 Å². The van der Waals surface area contributed by atoms with E-state index in [1.807, 2.05) is 0 Å². The predicted molar refractivity (Wildman–Crippen MR) is 73.1 cm³/mol. The van der Waals surface area contributed by atoms with Crippen LogP contribution in [0.4, 0.5) is 0 Å². The van der Waals surface area contributed by atoms with Crippen molar-refractivity contribution in [2.75, 3.05) is 0 Å². The fraction of sp³-hybridized carbons (Fsp3) is 0.500. The first-order chi connectivity index (χ1) is 7.43. The molecular formula is C16H24Hf. The van der Waals surface area contributed by atoms with Gasteiger partial charge in [0.1, 0.15) is 0 Å². The Kier molecular flexibility index (Phi) is 7.23. The molecule has 0 aromatic carbocycles. The first-order valence-corrected chi connectivity index (χ1v) is 5.91. The van der Waals surface area contributed by atoms with Gasteiger partial charge in [-0.05, 0) is 0 Å². The molecule has 17 heavy (non-hydrogen) atoms. The van der Waals surface area contributed by atoms with Crippen LogP contribution in [0.2, 0.25) is 0 Å². The van der Waals surface area contributed by atoms with E-state index in [-0.39, 0.29) is 28.7 Å². The molecule has 0 amide bonds. The minimum absolute atomic E-state index is 0. The quantitative estimate of drug-likeness (QED) is 0.392. The molecule has 0 aliphatic heterocycles. The number of allylic oxidation sites excluding steroid dienone is 8. The van der Waals surface area contributed by atoms with Gasteiger partial charge in [-0.2, -0.15) is 22.3 Å². The third-order valence-electron chi connectivity index (χ3n) is 3.64. The van der Waals surface area contributed by atoms with Crippen LogP contribution < -0.4 is 0 Å². The molecule has 0 nitrogen and oxygen atoms in total. The zero-order valence-electron chi connectivity index (χ0n) is 13.9. The summed E-state index contributed by atoms with van der Waals surface area (Å²) in [5, 5.41) is 0. The van der Waals surface area contributed by atoms with E-state index in [2.05, 4.69) is 53.7 Å². The van der Waals surface area contributed by atoms with Crippen molar-refractivity contribution in [2.45, 2.75) is 54.4 Å². The average molecular weight is 395 g/mol. The van der Waals surface area contributed by atoms with Crippen LogP contribution >= 0.6 is 0 Å². The fourth-order valence-corrected chi connectivity index (χ4v) is 1.70. The zero-order valence-corrected chi connectivity index (χ0v) is 15.5. The number of rotatable bonds is 0. The first kappa shape index (κ1) is 16.8. The topological polar surface area (TPSA) is 0 Å². The Labute approximate surface area is 128 Å². The van der Waals surface area contributed by atoms with E-state index in [9.17, 15) is 0 Å². The monoisotopic (exact) mass is 396 g/mol. The number of hydrogen-bond donors (Lipinski definition) is 0. The Morgan fingerprint density at radius 2 is 1.00 bits per heavy atom. The van der Waals surface area contributed by atoms with Crippen molar-refractivity contribution in [1.29, 1.82) is 0 Å². The summed E-state index contributed by atoms with van der Waals surface area (Å²) in [7, 11) is 0. The molecule has 0 saturated heterocycles. The Morgan fingerprint density at radius 1 is 0.706 bits per heavy atom. The maximum Gasteiger partial charge on any atom is 4.00 e. The van der Waals surface area contributed by atoms with Crippen molar-refractivity contribution in [1.82, 2.24) is 0 Å². The molecule has 0 radical (unpaired) electrons. The van der Waals surface area contributed by atoms with Crippen molar-refractivity contribution in [3.63, 3.8) is 0 Å². The summed E-state index contributed by atoms with van der Waals surface area (Å²) < 4.78 is 0. The summed E-state index contributed by atoms with van der Waals surface area (Å²) in [4.78, 5) is 0. The third-order valence-corrected chi connectivity index (χ3v) is 3.64. The summed E-state index contributed by atoms with van der Waals surface area (Å²) in [5.41, 5.74) is 8.49. The third kappa shape index (κ3) is 4.54.